The van der Waals surface area contributed by atoms with E-state index < -0.39 is 0 Å². The van der Waals surface area contributed by atoms with E-state index in [9.17, 15) is 0 Å². The number of ether oxygens (including phenoxy) is 1. The van der Waals surface area contributed by atoms with Gasteiger partial charge in [-0.15, -0.1) is 0 Å². The van der Waals surface area contributed by atoms with E-state index in [1.165, 1.54) is 24.9 Å². The molecule has 0 aliphatic heterocycles. The van der Waals surface area contributed by atoms with E-state index in [1.54, 1.807) is 13.4 Å². The molecule has 0 spiro atoms. The molecule has 0 saturated carbocycles. The van der Waals surface area contributed by atoms with Gasteiger partial charge in [0.25, 0.3) is 0 Å². The average molecular weight is 283 g/mol. The minimum Gasteiger partial charge on any atom is -0.497 e. The van der Waals surface area contributed by atoms with E-state index in [-0.39, 0.29) is 0 Å². The highest BCUT2D eigenvalue weighted by Gasteiger charge is 2.19. The molecule has 21 heavy (non-hydrogen) atoms. The Balaban J connectivity index is 1.86. The standard InChI is InChI=1S/C18H21NO2/c1-20-17-11-9-16(10-12-17)19(14-18-8-5-13-21-18)15-6-3-2-4-7-15/h3,5-6,8-13,15H,2,4,7,14H2,1H3. The maximum absolute atomic E-state index is 5.53. The molecule has 0 radical (unpaired) electrons. The van der Waals surface area contributed by atoms with Gasteiger partial charge in [0.1, 0.15) is 11.5 Å². The van der Waals surface area contributed by atoms with Crippen molar-refractivity contribution < 1.29 is 9.15 Å². The second-order valence-electron chi connectivity index (χ2n) is 5.33. The van der Waals surface area contributed by atoms with Crippen molar-refractivity contribution in [1.82, 2.24) is 0 Å². The fourth-order valence-electron chi connectivity index (χ4n) is 2.80. The Morgan fingerprint density at radius 3 is 2.71 bits per heavy atom. The van der Waals surface area contributed by atoms with Crippen LogP contribution in [0.2, 0.25) is 0 Å². The zero-order valence-corrected chi connectivity index (χ0v) is 12.4. The summed E-state index contributed by atoms with van der Waals surface area (Å²) in [4.78, 5) is 2.40. The zero-order valence-electron chi connectivity index (χ0n) is 12.4. The summed E-state index contributed by atoms with van der Waals surface area (Å²) < 4.78 is 10.8. The number of furan rings is 1. The van der Waals surface area contributed by atoms with E-state index in [1.807, 2.05) is 24.3 Å². The summed E-state index contributed by atoms with van der Waals surface area (Å²) in [6.45, 7) is 0.786. The third kappa shape index (κ3) is 3.30. The molecule has 1 unspecified atom stereocenters. The van der Waals surface area contributed by atoms with E-state index in [2.05, 4.69) is 29.2 Å². The molecule has 0 saturated heterocycles. The molecular weight excluding hydrogens is 262 g/mol. The summed E-state index contributed by atoms with van der Waals surface area (Å²) >= 11 is 0. The molecule has 0 bridgehead atoms. The first-order valence-corrected chi connectivity index (χ1v) is 7.46. The summed E-state index contributed by atoms with van der Waals surface area (Å²) in [5.41, 5.74) is 1.20. The topological polar surface area (TPSA) is 25.6 Å². The van der Waals surface area contributed by atoms with Crippen molar-refractivity contribution in [3.8, 4) is 5.75 Å². The van der Waals surface area contributed by atoms with Crippen LogP contribution in [0, 0.1) is 0 Å². The van der Waals surface area contributed by atoms with Gasteiger partial charge in [0, 0.05) is 11.7 Å². The summed E-state index contributed by atoms with van der Waals surface area (Å²) in [6.07, 6.45) is 9.95. The second kappa shape index (κ2) is 6.53. The van der Waals surface area contributed by atoms with Gasteiger partial charge in [-0.3, -0.25) is 0 Å². The van der Waals surface area contributed by atoms with Gasteiger partial charge in [-0.2, -0.15) is 0 Å². The Morgan fingerprint density at radius 2 is 2.10 bits per heavy atom. The van der Waals surface area contributed by atoms with Crippen molar-refractivity contribution in [3.05, 3.63) is 60.6 Å². The monoisotopic (exact) mass is 283 g/mol. The van der Waals surface area contributed by atoms with E-state index in [0.717, 1.165) is 18.1 Å². The Kier molecular flexibility index (Phi) is 4.29. The molecule has 110 valence electrons. The summed E-state index contributed by atoms with van der Waals surface area (Å²) in [5, 5.41) is 0. The maximum atomic E-state index is 5.53. The van der Waals surface area contributed by atoms with Crippen molar-refractivity contribution in [2.75, 3.05) is 12.0 Å². The summed E-state index contributed by atoms with van der Waals surface area (Å²) in [5.74, 6) is 1.88. The van der Waals surface area contributed by atoms with Crippen molar-refractivity contribution in [1.29, 1.82) is 0 Å². The molecule has 3 heteroatoms. The fourth-order valence-corrected chi connectivity index (χ4v) is 2.80. The SMILES string of the molecule is COc1ccc(N(Cc2ccco2)C2C=CCCC2)cc1. The number of hydrogen-bond acceptors (Lipinski definition) is 3. The highest BCUT2D eigenvalue weighted by Crippen LogP contribution is 2.27. The Morgan fingerprint density at radius 1 is 1.24 bits per heavy atom. The number of methoxy groups -OCH3 is 1. The molecule has 1 atom stereocenters. The van der Waals surface area contributed by atoms with Gasteiger partial charge in [-0.05, 0) is 55.7 Å². The third-order valence-corrected chi connectivity index (χ3v) is 3.94. The van der Waals surface area contributed by atoms with Gasteiger partial charge in [0.15, 0.2) is 0 Å². The first-order chi connectivity index (χ1) is 10.4. The van der Waals surface area contributed by atoms with Crippen LogP contribution in [0.15, 0.2) is 59.2 Å². The van der Waals surface area contributed by atoms with Crippen molar-refractivity contribution in [2.45, 2.75) is 31.8 Å². The van der Waals surface area contributed by atoms with Gasteiger partial charge in [-0.1, -0.05) is 12.2 Å². The van der Waals surface area contributed by atoms with Crippen LogP contribution in [0.5, 0.6) is 5.75 Å². The van der Waals surface area contributed by atoms with Crippen molar-refractivity contribution in [2.24, 2.45) is 0 Å². The number of anilines is 1. The molecule has 1 aromatic carbocycles. The highest BCUT2D eigenvalue weighted by atomic mass is 16.5. The zero-order chi connectivity index (χ0) is 14.5. The number of benzene rings is 1. The van der Waals surface area contributed by atoms with Gasteiger partial charge in [-0.25, -0.2) is 0 Å². The van der Waals surface area contributed by atoms with Crippen LogP contribution in [-0.2, 0) is 6.54 Å². The minimum absolute atomic E-state index is 0.428. The number of rotatable bonds is 5. The molecule has 1 aromatic heterocycles. The highest BCUT2D eigenvalue weighted by molar-refractivity contribution is 5.51. The van der Waals surface area contributed by atoms with Crippen LogP contribution in [0.4, 0.5) is 5.69 Å². The van der Waals surface area contributed by atoms with Crippen LogP contribution < -0.4 is 9.64 Å². The van der Waals surface area contributed by atoms with Crippen LogP contribution >= 0.6 is 0 Å². The van der Waals surface area contributed by atoms with Gasteiger partial charge >= 0.3 is 0 Å². The number of hydrogen-bond donors (Lipinski definition) is 0. The molecular formula is C18H21NO2. The molecule has 0 N–H and O–H groups in total. The average Bonchev–Trinajstić information content (AvgIpc) is 3.07. The third-order valence-electron chi connectivity index (χ3n) is 3.94. The second-order valence-corrected chi connectivity index (χ2v) is 5.33. The predicted octanol–water partition coefficient (Wildman–Crippen LogP) is 4.40. The first kappa shape index (κ1) is 13.8. The number of nitrogens with zero attached hydrogens (tertiary/aromatic N) is 1. The van der Waals surface area contributed by atoms with Crippen LogP contribution in [0.3, 0.4) is 0 Å². The van der Waals surface area contributed by atoms with E-state index in [4.69, 9.17) is 9.15 Å². The van der Waals surface area contributed by atoms with E-state index in [0.29, 0.717) is 6.04 Å². The van der Waals surface area contributed by atoms with Crippen molar-refractivity contribution in [3.63, 3.8) is 0 Å². The smallest absolute Gasteiger partial charge is 0.123 e. The molecule has 0 amide bonds. The minimum atomic E-state index is 0.428. The molecule has 0 fully saturated rings. The summed E-state index contributed by atoms with van der Waals surface area (Å²) in [7, 11) is 1.69. The lowest BCUT2D eigenvalue weighted by Crippen LogP contribution is -2.34. The Labute approximate surface area is 125 Å². The van der Waals surface area contributed by atoms with Crippen LogP contribution in [0.1, 0.15) is 25.0 Å². The Bertz CT molecular complexity index is 572. The van der Waals surface area contributed by atoms with E-state index >= 15 is 0 Å². The lowest BCUT2D eigenvalue weighted by molar-refractivity contribution is 0.414. The fraction of sp³-hybridized carbons (Fsp3) is 0.333. The molecule has 2 aromatic rings. The number of allylic oxidation sites excluding steroid dienone is 1. The van der Waals surface area contributed by atoms with Crippen LogP contribution in [0.25, 0.3) is 0 Å². The summed E-state index contributed by atoms with van der Waals surface area (Å²) in [6, 6.07) is 12.7. The predicted molar refractivity (Wildman–Crippen MR) is 84.7 cm³/mol. The maximum Gasteiger partial charge on any atom is 0.123 e. The van der Waals surface area contributed by atoms with Gasteiger partial charge < -0.3 is 14.1 Å². The van der Waals surface area contributed by atoms with Gasteiger partial charge in [0.05, 0.1) is 19.9 Å². The normalized spacial score (nSPS) is 17.7. The quantitative estimate of drug-likeness (QED) is 0.760. The van der Waals surface area contributed by atoms with Crippen molar-refractivity contribution >= 4 is 5.69 Å². The largest absolute Gasteiger partial charge is 0.497 e. The lowest BCUT2D eigenvalue weighted by atomic mass is 10.0. The molecule has 1 heterocycles. The first-order valence-electron chi connectivity index (χ1n) is 7.46. The molecule has 3 nitrogen and oxygen atoms in total. The van der Waals surface area contributed by atoms with Gasteiger partial charge in [0.2, 0.25) is 0 Å². The molecule has 1 aliphatic carbocycles. The Hall–Kier alpha value is -2.16. The molecule has 1 aliphatic rings. The molecule has 3 rings (SSSR count). The lowest BCUT2D eigenvalue weighted by Gasteiger charge is -2.33. The van der Waals surface area contributed by atoms with Crippen LogP contribution in [-0.4, -0.2) is 13.2 Å².